The summed E-state index contributed by atoms with van der Waals surface area (Å²) in [6, 6.07) is 15.9. The molecule has 1 aliphatic heterocycles. The van der Waals surface area contributed by atoms with E-state index in [4.69, 9.17) is 14.5 Å². The molecule has 1 saturated heterocycles. The Kier molecular flexibility index (Phi) is 9.48. The molecule has 11 heteroatoms. The average molecular weight is 679 g/mol. The molecule has 262 valence electrons. The van der Waals surface area contributed by atoms with Crippen molar-refractivity contribution in [2.75, 3.05) is 20.3 Å². The van der Waals surface area contributed by atoms with Crippen LogP contribution in [0.5, 0.6) is 0 Å². The van der Waals surface area contributed by atoms with Crippen LogP contribution < -0.4 is 5.32 Å². The predicted molar refractivity (Wildman–Crippen MR) is 189 cm³/mol. The van der Waals surface area contributed by atoms with Crippen molar-refractivity contribution < 1.29 is 23.9 Å². The summed E-state index contributed by atoms with van der Waals surface area (Å²) in [5.41, 5.74) is 6.06. The number of nitrogens with zero attached hydrogens (tertiary/aromatic N) is 3. The molecule has 4 aromatic rings. The van der Waals surface area contributed by atoms with Gasteiger partial charge in [0.2, 0.25) is 5.91 Å². The summed E-state index contributed by atoms with van der Waals surface area (Å²) in [6.45, 7) is 6.70. The highest BCUT2D eigenvalue weighted by molar-refractivity contribution is 5.86. The fourth-order valence-electron chi connectivity index (χ4n) is 8.45. The van der Waals surface area contributed by atoms with Crippen LogP contribution in [-0.2, 0) is 19.1 Å². The van der Waals surface area contributed by atoms with Crippen molar-refractivity contribution in [1.82, 2.24) is 30.2 Å². The first-order chi connectivity index (χ1) is 24.2. The Labute approximate surface area is 292 Å². The zero-order valence-corrected chi connectivity index (χ0v) is 29.1. The number of alkyl carbamates (subject to hydrolysis) is 1. The summed E-state index contributed by atoms with van der Waals surface area (Å²) in [5.74, 6) is 2.21. The number of esters is 1. The number of carbonyl (C=O) groups excluding carboxylic acids is 3. The van der Waals surface area contributed by atoms with Crippen molar-refractivity contribution in [2.45, 2.75) is 70.9 Å². The van der Waals surface area contributed by atoms with Gasteiger partial charge < -0.3 is 29.7 Å². The Balaban J connectivity index is 1.02. The summed E-state index contributed by atoms with van der Waals surface area (Å²) in [5, 5.41) is 2.70. The van der Waals surface area contributed by atoms with Crippen LogP contribution in [0.1, 0.15) is 76.5 Å². The van der Waals surface area contributed by atoms with E-state index in [0.29, 0.717) is 25.0 Å². The van der Waals surface area contributed by atoms with Gasteiger partial charge in [-0.05, 0) is 79.0 Å². The molecular weight excluding hydrogens is 632 g/mol. The van der Waals surface area contributed by atoms with Crippen LogP contribution in [0, 0.1) is 23.7 Å². The van der Waals surface area contributed by atoms with Crippen molar-refractivity contribution >= 4 is 18.0 Å². The zero-order valence-electron chi connectivity index (χ0n) is 29.1. The van der Waals surface area contributed by atoms with E-state index in [2.05, 4.69) is 68.8 Å². The van der Waals surface area contributed by atoms with E-state index >= 15 is 0 Å². The van der Waals surface area contributed by atoms with Crippen LogP contribution >= 0.6 is 0 Å². The quantitative estimate of drug-likeness (QED) is 0.155. The Hall–Kier alpha value is -4.93. The number of aromatic amines is 2. The molecule has 2 amide bonds. The fraction of sp³-hybridized carbons (Fsp3) is 0.462. The number of carbonyl (C=O) groups is 3. The minimum atomic E-state index is -0.673. The van der Waals surface area contributed by atoms with Crippen LogP contribution in [0.25, 0.3) is 33.6 Å². The standard InChI is InChI=1S/C39H46N6O5/c1-5-50-38(47)33-28-17-16-27(19-28)32(33)36-41-21-30(43-36)26-14-10-24(11-15-26)23-8-12-25(13-9-23)29-20-40-35(42-29)31-7-6-18-45(31)37(46)34(22(2)3)44-39(48)49-4/h8-15,20-22,27-28,31-34H,5-7,16-19H2,1-4H3,(H,40,42)(H,41,43)(H,44,48)/t27?,28?,31-,32-,33-,34-/m0/s1. The smallest absolute Gasteiger partial charge is 0.407 e. The van der Waals surface area contributed by atoms with E-state index in [0.717, 1.165) is 77.4 Å². The van der Waals surface area contributed by atoms with Crippen LogP contribution in [0.4, 0.5) is 4.79 Å². The highest BCUT2D eigenvalue weighted by Crippen LogP contribution is 2.56. The lowest BCUT2D eigenvalue weighted by atomic mass is 9.79. The second-order valence-electron chi connectivity index (χ2n) is 14.2. The maximum atomic E-state index is 13.5. The lowest BCUT2D eigenvalue weighted by Crippen LogP contribution is -2.51. The average Bonchev–Trinajstić information content (AvgIpc) is 3.98. The number of rotatable bonds is 10. The van der Waals surface area contributed by atoms with E-state index in [-0.39, 0.29) is 35.7 Å². The monoisotopic (exact) mass is 678 g/mol. The molecule has 2 saturated carbocycles. The third-order valence-electron chi connectivity index (χ3n) is 10.9. The van der Waals surface area contributed by atoms with Gasteiger partial charge in [0.25, 0.3) is 0 Å². The molecule has 2 unspecified atom stereocenters. The van der Waals surface area contributed by atoms with Gasteiger partial charge in [-0.25, -0.2) is 14.8 Å². The molecule has 2 aromatic heterocycles. The summed E-state index contributed by atoms with van der Waals surface area (Å²) < 4.78 is 10.2. The van der Waals surface area contributed by atoms with Gasteiger partial charge in [0.05, 0.1) is 49.5 Å². The molecule has 3 heterocycles. The summed E-state index contributed by atoms with van der Waals surface area (Å²) >= 11 is 0. The van der Waals surface area contributed by atoms with Crippen molar-refractivity contribution in [2.24, 2.45) is 23.7 Å². The number of imidazole rings is 2. The van der Waals surface area contributed by atoms with E-state index < -0.39 is 12.1 Å². The predicted octanol–water partition coefficient (Wildman–Crippen LogP) is 6.87. The van der Waals surface area contributed by atoms with Gasteiger partial charge in [-0.1, -0.05) is 62.4 Å². The molecular formula is C39H46N6O5. The molecule has 3 N–H and O–H groups in total. The Bertz CT molecular complexity index is 1830. The third kappa shape index (κ3) is 6.41. The molecule has 2 aromatic carbocycles. The Morgan fingerprint density at radius 2 is 1.44 bits per heavy atom. The number of hydrogen-bond acceptors (Lipinski definition) is 7. The Morgan fingerprint density at radius 3 is 2.04 bits per heavy atom. The minimum absolute atomic E-state index is 0.0791. The molecule has 0 spiro atoms. The van der Waals surface area contributed by atoms with Crippen molar-refractivity contribution in [3.8, 4) is 33.6 Å². The summed E-state index contributed by atoms with van der Waals surface area (Å²) in [4.78, 5) is 56.5. The first-order valence-corrected chi connectivity index (χ1v) is 17.9. The molecule has 0 radical (unpaired) electrons. The summed E-state index contributed by atoms with van der Waals surface area (Å²) in [7, 11) is 1.30. The first-order valence-electron chi connectivity index (χ1n) is 17.9. The van der Waals surface area contributed by atoms with E-state index in [1.54, 1.807) is 0 Å². The van der Waals surface area contributed by atoms with Gasteiger partial charge in [-0.3, -0.25) is 9.59 Å². The number of fused-ring (bicyclic) bond motifs is 2. The normalized spacial score (nSPS) is 23.3. The number of ether oxygens (including phenoxy) is 2. The SMILES string of the molecule is CCOC(=O)[C@H]1C2CCC(C2)[C@@H]1c1ncc(-c2ccc(-c3ccc(-c4cnc([C@@H]5CCCN5C(=O)[C@@H](NC(=O)OC)C(C)C)[nH]4)cc3)cc2)[nH]1. The first kappa shape index (κ1) is 33.6. The van der Waals surface area contributed by atoms with Gasteiger partial charge in [0.15, 0.2) is 0 Å². The molecule has 3 fully saturated rings. The van der Waals surface area contributed by atoms with Crippen LogP contribution in [-0.4, -0.2) is 69.1 Å². The van der Waals surface area contributed by atoms with Crippen LogP contribution in [0.3, 0.4) is 0 Å². The highest BCUT2D eigenvalue weighted by atomic mass is 16.5. The number of nitrogens with one attached hydrogen (secondary N) is 3. The molecule has 2 aliphatic carbocycles. The third-order valence-corrected chi connectivity index (χ3v) is 10.9. The minimum Gasteiger partial charge on any atom is -0.466 e. The van der Waals surface area contributed by atoms with E-state index in [1.807, 2.05) is 38.1 Å². The fourth-order valence-corrected chi connectivity index (χ4v) is 8.45. The molecule has 7 rings (SSSR count). The number of amides is 2. The van der Waals surface area contributed by atoms with E-state index in [9.17, 15) is 14.4 Å². The molecule has 50 heavy (non-hydrogen) atoms. The number of hydrogen-bond donors (Lipinski definition) is 3. The van der Waals surface area contributed by atoms with Crippen LogP contribution in [0.2, 0.25) is 0 Å². The maximum Gasteiger partial charge on any atom is 0.407 e. The molecule has 6 atom stereocenters. The van der Waals surface area contributed by atoms with Gasteiger partial charge in [0.1, 0.15) is 17.7 Å². The summed E-state index contributed by atoms with van der Waals surface area (Å²) in [6.07, 6.45) is 8.07. The van der Waals surface area contributed by atoms with Crippen LogP contribution in [0.15, 0.2) is 60.9 Å². The number of likely N-dealkylation sites (tertiary alicyclic amines) is 1. The number of methoxy groups -OCH3 is 1. The second-order valence-corrected chi connectivity index (χ2v) is 14.2. The van der Waals surface area contributed by atoms with E-state index in [1.165, 1.54) is 7.11 Å². The molecule has 2 bridgehead atoms. The van der Waals surface area contributed by atoms with Gasteiger partial charge >= 0.3 is 12.1 Å². The van der Waals surface area contributed by atoms with Crippen molar-refractivity contribution in [3.63, 3.8) is 0 Å². The van der Waals surface area contributed by atoms with Gasteiger partial charge in [-0.15, -0.1) is 0 Å². The van der Waals surface area contributed by atoms with Gasteiger partial charge in [-0.2, -0.15) is 0 Å². The Morgan fingerprint density at radius 1 is 0.860 bits per heavy atom. The number of H-pyrrole nitrogens is 2. The zero-order chi connectivity index (χ0) is 34.9. The lowest BCUT2D eigenvalue weighted by Gasteiger charge is -2.30. The maximum absolute atomic E-state index is 13.5. The molecule has 3 aliphatic rings. The molecule has 11 nitrogen and oxygen atoms in total. The van der Waals surface area contributed by atoms with Crippen molar-refractivity contribution in [3.05, 3.63) is 72.6 Å². The van der Waals surface area contributed by atoms with Crippen molar-refractivity contribution in [1.29, 1.82) is 0 Å². The number of benzene rings is 2. The highest BCUT2D eigenvalue weighted by Gasteiger charge is 2.53. The largest absolute Gasteiger partial charge is 0.466 e. The van der Waals surface area contributed by atoms with Gasteiger partial charge in [0, 0.05) is 12.5 Å². The second kappa shape index (κ2) is 14.1. The topological polar surface area (TPSA) is 142 Å². The lowest BCUT2D eigenvalue weighted by molar-refractivity contribution is -0.150. The number of aromatic nitrogens is 4.